The van der Waals surface area contributed by atoms with Crippen LogP contribution in [0.4, 0.5) is 0 Å². The Morgan fingerprint density at radius 2 is 1.17 bits per heavy atom. The molecule has 0 saturated heterocycles. The molecule has 0 spiro atoms. The zero-order valence-electron chi connectivity index (χ0n) is 14.3. The Labute approximate surface area is 140 Å². The summed E-state index contributed by atoms with van der Waals surface area (Å²) < 4.78 is 2.51. The largest absolute Gasteiger partial charge is 0.212 e. The minimum atomic E-state index is 1.12. The van der Waals surface area contributed by atoms with Crippen LogP contribution < -0.4 is 4.57 Å². The molecule has 0 aliphatic rings. The van der Waals surface area contributed by atoms with Crippen LogP contribution in [-0.4, -0.2) is 0 Å². The van der Waals surface area contributed by atoms with E-state index in [1.807, 2.05) is 0 Å². The molecule has 0 atom stereocenters. The van der Waals surface area contributed by atoms with E-state index in [1.165, 1.54) is 66.8 Å². The van der Waals surface area contributed by atoms with E-state index < -0.39 is 0 Å². The van der Waals surface area contributed by atoms with E-state index in [2.05, 4.69) is 66.1 Å². The van der Waals surface area contributed by atoms with Crippen LogP contribution in [0.25, 0.3) is 21.8 Å². The lowest BCUT2D eigenvalue weighted by Crippen LogP contribution is -2.35. The quantitative estimate of drug-likeness (QED) is 0.272. The summed E-state index contributed by atoms with van der Waals surface area (Å²) in [6.45, 7) is 3.40. The van der Waals surface area contributed by atoms with Crippen LogP contribution in [0.15, 0.2) is 54.6 Å². The van der Waals surface area contributed by atoms with Crippen LogP contribution in [-0.2, 0) is 6.54 Å². The molecule has 1 heterocycles. The lowest BCUT2D eigenvalue weighted by molar-refractivity contribution is -0.645. The third-order valence-corrected chi connectivity index (χ3v) is 4.75. The molecule has 1 heteroatoms. The Morgan fingerprint density at radius 1 is 0.652 bits per heavy atom. The number of unbranched alkanes of at least 4 members (excludes halogenated alkanes) is 6. The highest BCUT2D eigenvalue weighted by atomic mass is 15.0. The van der Waals surface area contributed by atoms with Crippen molar-refractivity contribution < 1.29 is 4.57 Å². The van der Waals surface area contributed by atoms with Crippen molar-refractivity contribution in [2.75, 3.05) is 0 Å². The summed E-state index contributed by atoms with van der Waals surface area (Å²) in [5, 5.41) is 2.68. The van der Waals surface area contributed by atoms with E-state index in [0.717, 1.165) is 6.54 Å². The number of benzene rings is 2. The molecule has 120 valence electrons. The number of hydrogen-bond donors (Lipinski definition) is 0. The fourth-order valence-electron chi connectivity index (χ4n) is 3.48. The number of aryl methyl sites for hydroxylation is 1. The second-order valence-electron chi connectivity index (χ2n) is 6.53. The van der Waals surface area contributed by atoms with Gasteiger partial charge in [-0.1, -0.05) is 63.3 Å². The maximum Gasteiger partial charge on any atom is 0.212 e. The van der Waals surface area contributed by atoms with Crippen molar-refractivity contribution in [3.63, 3.8) is 0 Å². The van der Waals surface area contributed by atoms with Gasteiger partial charge in [-0.25, -0.2) is 0 Å². The molecule has 2 aromatic carbocycles. The van der Waals surface area contributed by atoms with Crippen molar-refractivity contribution in [2.24, 2.45) is 0 Å². The Balaban J connectivity index is 1.75. The molecule has 0 aliphatic carbocycles. The molecule has 1 nitrogen and oxygen atoms in total. The first-order chi connectivity index (χ1) is 11.4. The topological polar surface area (TPSA) is 3.88 Å². The second-order valence-corrected chi connectivity index (χ2v) is 6.53. The van der Waals surface area contributed by atoms with Gasteiger partial charge in [-0.3, -0.25) is 0 Å². The summed E-state index contributed by atoms with van der Waals surface area (Å²) in [6, 6.07) is 19.8. The Hall–Kier alpha value is -1.89. The number of fused-ring (bicyclic) bond motifs is 2. The first-order valence-corrected chi connectivity index (χ1v) is 9.20. The number of nitrogens with zero attached hydrogens (tertiary/aromatic N) is 1. The van der Waals surface area contributed by atoms with Crippen molar-refractivity contribution in [3.8, 4) is 0 Å². The smallest absolute Gasteiger partial charge is 0.191 e. The number of para-hydroxylation sites is 2. The number of pyridine rings is 1. The van der Waals surface area contributed by atoms with Gasteiger partial charge in [0.1, 0.15) is 6.54 Å². The number of rotatable bonds is 8. The molecular weight excluding hydrogens is 278 g/mol. The second kappa shape index (κ2) is 8.10. The van der Waals surface area contributed by atoms with Crippen LogP contribution in [0.1, 0.15) is 51.9 Å². The van der Waals surface area contributed by atoms with Crippen LogP contribution in [0.5, 0.6) is 0 Å². The molecule has 0 N–H and O–H groups in total. The molecule has 3 rings (SSSR count). The van der Waals surface area contributed by atoms with E-state index in [1.54, 1.807) is 0 Å². The van der Waals surface area contributed by atoms with Gasteiger partial charge in [0.15, 0.2) is 0 Å². The van der Waals surface area contributed by atoms with Crippen molar-refractivity contribution in [2.45, 2.75) is 58.4 Å². The van der Waals surface area contributed by atoms with Crippen molar-refractivity contribution >= 4 is 21.8 Å². The van der Waals surface area contributed by atoms with Crippen LogP contribution >= 0.6 is 0 Å². The van der Waals surface area contributed by atoms with E-state index in [-0.39, 0.29) is 0 Å². The van der Waals surface area contributed by atoms with Gasteiger partial charge in [-0.2, -0.15) is 4.57 Å². The minimum absolute atomic E-state index is 1.12. The predicted octanol–water partition coefficient (Wildman–Crippen LogP) is 6.03. The summed E-state index contributed by atoms with van der Waals surface area (Å²) >= 11 is 0. The SMILES string of the molecule is CCCCCCCCC[n+]1c2ccccc2cc2ccccc21. The van der Waals surface area contributed by atoms with E-state index >= 15 is 0 Å². The maximum atomic E-state index is 2.51. The van der Waals surface area contributed by atoms with Crippen molar-refractivity contribution in [3.05, 3.63) is 54.6 Å². The zero-order valence-corrected chi connectivity index (χ0v) is 14.3. The monoisotopic (exact) mass is 306 g/mol. The molecule has 0 amide bonds. The fraction of sp³-hybridized carbons (Fsp3) is 0.409. The van der Waals surface area contributed by atoms with Gasteiger partial charge in [-0.15, -0.1) is 0 Å². The Bertz CT molecular complexity index is 706. The maximum absolute atomic E-state index is 2.51. The summed E-state index contributed by atoms with van der Waals surface area (Å²) in [5.74, 6) is 0. The lowest BCUT2D eigenvalue weighted by atomic mass is 10.1. The first kappa shape index (κ1) is 16.0. The van der Waals surface area contributed by atoms with Crippen LogP contribution in [0.2, 0.25) is 0 Å². The Morgan fingerprint density at radius 3 is 1.78 bits per heavy atom. The summed E-state index contributed by atoms with van der Waals surface area (Å²) in [4.78, 5) is 0. The fourth-order valence-corrected chi connectivity index (χ4v) is 3.48. The van der Waals surface area contributed by atoms with Gasteiger partial charge in [0.2, 0.25) is 11.0 Å². The molecule has 0 saturated carbocycles. The molecule has 0 unspecified atom stereocenters. The van der Waals surface area contributed by atoms with Gasteiger partial charge in [0, 0.05) is 29.3 Å². The highest BCUT2D eigenvalue weighted by Crippen LogP contribution is 2.18. The van der Waals surface area contributed by atoms with Crippen LogP contribution in [0, 0.1) is 0 Å². The number of hydrogen-bond acceptors (Lipinski definition) is 0. The van der Waals surface area contributed by atoms with Gasteiger partial charge in [0.25, 0.3) is 0 Å². The van der Waals surface area contributed by atoms with Gasteiger partial charge < -0.3 is 0 Å². The standard InChI is InChI=1S/C22H28N/c1-2-3-4-5-6-7-12-17-23-21-15-10-8-13-19(21)18-20-14-9-11-16-22(20)23/h8-11,13-16,18H,2-7,12,17H2,1H3/q+1. The molecule has 0 bridgehead atoms. The van der Waals surface area contributed by atoms with E-state index in [4.69, 9.17) is 0 Å². The molecule has 1 aromatic heterocycles. The molecule has 3 aromatic rings. The third kappa shape index (κ3) is 3.90. The Kier molecular flexibility index (Phi) is 5.63. The van der Waals surface area contributed by atoms with Crippen molar-refractivity contribution in [1.29, 1.82) is 0 Å². The van der Waals surface area contributed by atoms with E-state index in [9.17, 15) is 0 Å². The summed E-state index contributed by atoms with van der Waals surface area (Å²) in [7, 11) is 0. The average Bonchev–Trinajstić information content (AvgIpc) is 2.60. The molecular formula is C22H28N+. The molecule has 23 heavy (non-hydrogen) atoms. The summed E-state index contributed by atoms with van der Waals surface area (Å²) in [6.07, 6.45) is 9.52. The van der Waals surface area contributed by atoms with Gasteiger partial charge in [0.05, 0.1) is 0 Å². The zero-order chi connectivity index (χ0) is 15.9. The lowest BCUT2D eigenvalue weighted by Gasteiger charge is -2.06. The summed E-state index contributed by atoms with van der Waals surface area (Å²) in [5.41, 5.74) is 2.72. The van der Waals surface area contributed by atoms with Crippen molar-refractivity contribution in [1.82, 2.24) is 0 Å². The third-order valence-electron chi connectivity index (χ3n) is 4.75. The molecule has 0 fully saturated rings. The van der Waals surface area contributed by atoms with Gasteiger partial charge >= 0.3 is 0 Å². The normalized spacial score (nSPS) is 11.3. The predicted molar refractivity (Wildman–Crippen MR) is 99.6 cm³/mol. The highest BCUT2D eigenvalue weighted by molar-refractivity contribution is 5.88. The van der Waals surface area contributed by atoms with E-state index in [0.29, 0.717) is 0 Å². The average molecular weight is 306 g/mol. The molecule has 0 aliphatic heterocycles. The van der Waals surface area contributed by atoms with Gasteiger partial charge in [-0.05, 0) is 24.6 Å². The number of aromatic nitrogens is 1. The first-order valence-electron chi connectivity index (χ1n) is 9.20. The van der Waals surface area contributed by atoms with Crippen LogP contribution in [0.3, 0.4) is 0 Å². The molecule has 0 radical (unpaired) electrons. The minimum Gasteiger partial charge on any atom is -0.191 e. The highest BCUT2D eigenvalue weighted by Gasteiger charge is 2.13.